The minimum absolute atomic E-state index is 0.489. The second kappa shape index (κ2) is 5.90. The predicted octanol–water partition coefficient (Wildman–Crippen LogP) is 4.45. The highest BCUT2D eigenvalue weighted by molar-refractivity contribution is 7.12. The number of halogens is 1. The summed E-state index contributed by atoms with van der Waals surface area (Å²) in [6.07, 6.45) is 1.08. The van der Waals surface area contributed by atoms with Gasteiger partial charge in [-0.25, -0.2) is 0 Å². The molecule has 1 heterocycles. The lowest BCUT2D eigenvalue weighted by atomic mass is 10.2. The maximum Gasteiger partial charge on any atom is 0.101 e. The Bertz CT molecular complexity index is 584. The number of nitrogens with zero attached hydrogens (tertiary/aromatic N) is 1. The number of aryl methyl sites for hydroxylation is 1. The van der Waals surface area contributed by atoms with E-state index in [4.69, 9.17) is 16.9 Å². The Balaban J connectivity index is 2.02. The average molecular weight is 277 g/mol. The van der Waals surface area contributed by atoms with Gasteiger partial charge in [0.1, 0.15) is 6.07 Å². The molecule has 0 unspecified atom stereocenters. The third-order valence-electron chi connectivity index (χ3n) is 2.62. The number of hydrogen-bond donors (Lipinski definition) is 1. The molecule has 0 aliphatic heterocycles. The Morgan fingerprint density at radius 3 is 2.67 bits per heavy atom. The zero-order valence-corrected chi connectivity index (χ0v) is 11.6. The third-order valence-corrected chi connectivity index (χ3v) is 4.16. The zero-order chi connectivity index (χ0) is 13.0. The molecule has 1 N–H and O–H groups in total. The monoisotopic (exact) mass is 276 g/mol. The van der Waals surface area contributed by atoms with Gasteiger partial charge in [-0.3, -0.25) is 0 Å². The highest BCUT2D eigenvalue weighted by Gasteiger charge is 2.02. The Morgan fingerprint density at radius 1 is 1.28 bits per heavy atom. The van der Waals surface area contributed by atoms with E-state index in [1.807, 2.05) is 23.5 Å². The van der Waals surface area contributed by atoms with Gasteiger partial charge in [0.05, 0.1) is 10.6 Å². The summed E-state index contributed by atoms with van der Waals surface area (Å²) in [6.45, 7) is 2.94. The van der Waals surface area contributed by atoms with Gasteiger partial charge in [-0.15, -0.1) is 11.3 Å². The highest BCUT2D eigenvalue weighted by atomic mass is 35.5. The van der Waals surface area contributed by atoms with E-state index in [-0.39, 0.29) is 0 Å². The molecule has 0 saturated heterocycles. The summed E-state index contributed by atoms with van der Waals surface area (Å²) in [7, 11) is 0. The first-order valence-corrected chi connectivity index (χ1v) is 6.93. The summed E-state index contributed by atoms with van der Waals surface area (Å²) in [5.74, 6) is 0. The van der Waals surface area contributed by atoms with Crippen LogP contribution in [0.25, 0.3) is 0 Å². The summed E-state index contributed by atoms with van der Waals surface area (Å²) in [6, 6.07) is 11.7. The molecule has 0 aliphatic carbocycles. The van der Waals surface area contributed by atoms with Gasteiger partial charge >= 0.3 is 0 Å². The first-order valence-electron chi connectivity index (χ1n) is 5.74. The van der Waals surface area contributed by atoms with E-state index in [1.165, 1.54) is 9.75 Å². The Labute approximate surface area is 116 Å². The lowest BCUT2D eigenvalue weighted by molar-refractivity contribution is 1.19. The van der Waals surface area contributed by atoms with Crippen molar-refractivity contribution in [3.05, 3.63) is 50.7 Å². The van der Waals surface area contributed by atoms with Crippen molar-refractivity contribution in [2.24, 2.45) is 0 Å². The SMILES string of the molecule is CCc1ccc(CNc2ccc(C#N)c(Cl)c2)s1. The lowest BCUT2D eigenvalue weighted by Crippen LogP contribution is -1.97. The fourth-order valence-electron chi connectivity index (χ4n) is 1.61. The van der Waals surface area contributed by atoms with Crippen LogP contribution in [0.2, 0.25) is 5.02 Å². The van der Waals surface area contributed by atoms with E-state index in [1.54, 1.807) is 12.1 Å². The fourth-order valence-corrected chi connectivity index (χ4v) is 2.73. The summed E-state index contributed by atoms with van der Waals surface area (Å²) >= 11 is 7.79. The first-order chi connectivity index (χ1) is 8.72. The van der Waals surface area contributed by atoms with Gasteiger partial charge in [-0.2, -0.15) is 5.26 Å². The molecule has 2 rings (SSSR count). The topological polar surface area (TPSA) is 35.8 Å². The number of benzene rings is 1. The van der Waals surface area contributed by atoms with E-state index < -0.39 is 0 Å². The number of rotatable bonds is 4. The van der Waals surface area contributed by atoms with Crippen LogP contribution in [-0.2, 0) is 13.0 Å². The van der Waals surface area contributed by atoms with Crippen LogP contribution in [0, 0.1) is 11.3 Å². The molecule has 18 heavy (non-hydrogen) atoms. The number of anilines is 1. The number of thiophene rings is 1. The van der Waals surface area contributed by atoms with Crippen molar-refractivity contribution in [1.29, 1.82) is 5.26 Å². The van der Waals surface area contributed by atoms with Crippen LogP contribution >= 0.6 is 22.9 Å². The number of hydrogen-bond acceptors (Lipinski definition) is 3. The normalized spacial score (nSPS) is 10.1. The molecule has 0 radical (unpaired) electrons. The lowest BCUT2D eigenvalue weighted by Gasteiger charge is -2.05. The van der Waals surface area contributed by atoms with Gasteiger partial charge in [0.25, 0.3) is 0 Å². The van der Waals surface area contributed by atoms with E-state index in [9.17, 15) is 0 Å². The van der Waals surface area contributed by atoms with Crippen LogP contribution in [0.3, 0.4) is 0 Å². The highest BCUT2D eigenvalue weighted by Crippen LogP contribution is 2.22. The van der Waals surface area contributed by atoms with Gasteiger partial charge in [-0.05, 0) is 36.8 Å². The Hall–Kier alpha value is -1.50. The van der Waals surface area contributed by atoms with E-state index >= 15 is 0 Å². The summed E-state index contributed by atoms with van der Waals surface area (Å²) < 4.78 is 0. The predicted molar refractivity (Wildman–Crippen MR) is 77.2 cm³/mol. The van der Waals surface area contributed by atoms with E-state index in [2.05, 4.69) is 24.4 Å². The van der Waals surface area contributed by atoms with Crippen LogP contribution < -0.4 is 5.32 Å². The van der Waals surface area contributed by atoms with E-state index in [0.29, 0.717) is 10.6 Å². The fraction of sp³-hybridized carbons (Fsp3) is 0.214. The second-order valence-corrected chi connectivity index (χ2v) is 5.54. The van der Waals surface area contributed by atoms with Gasteiger partial charge in [-0.1, -0.05) is 18.5 Å². The standard InChI is InChI=1S/C14H13ClN2S/c1-2-12-5-6-13(18-12)9-17-11-4-3-10(8-16)14(15)7-11/h3-7,17H,2,9H2,1H3. The Morgan fingerprint density at radius 2 is 2.06 bits per heavy atom. The van der Waals surface area contributed by atoms with Crippen LogP contribution in [0.4, 0.5) is 5.69 Å². The van der Waals surface area contributed by atoms with Crippen LogP contribution in [0.5, 0.6) is 0 Å². The van der Waals surface area contributed by atoms with Crippen molar-refractivity contribution in [3.63, 3.8) is 0 Å². The van der Waals surface area contributed by atoms with Crippen molar-refractivity contribution in [3.8, 4) is 6.07 Å². The minimum atomic E-state index is 0.489. The first kappa shape index (κ1) is 12.9. The second-order valence-electron chi connectivity index (χ2n) is 3.88. The molecule has 1 aromatic carbocycles. The quantitative estimate of drug-likeness (QED) is 0.896. The molecular formula is C14H13ClN2S. The molecule has 0 saturated carbocycles. The summed E-state index contributed by atoms with van der Waals surface area (Å²) in [5.41, 5.74) is 1.44. The van der Waals surface area contributed by atoms with Crippen molar-refractivity contribution < 1.29 is 0 Å². The van der Waals surface area contributed by atoms with Crippen LogP contribution in [-0.4, -0.2) is 0 Å². The van der Waals surface area contributed by atoms with Crippen molar-refractivity contribution in [1.82, 2.24) is 0 Å². The molecule has 0 atom stereocenters. The molecule has 4 heteroatoms. The Kier molecular flexibility index (Phi) is 4.24. The average Bonchev–Trinajstić information content (AvgIpc) is 2.84. The molecule has 1 aromatic heterocycles. The molecule has 2 aromatic rings. The summed E-state index contributed by atoms with van der Waals surface area (Å²) in [5, 5.41) is 12.6. The van der Waals surface area contributed by atoms with Gasteiger partial charge in [0.15, 0.2) is 0 Å². The molecule has 92 valence electrons. The van der Waals surface area contributed by atoms with Gasteiger partial charge < -0.3 is 5.32 Å². The zero-order valence-electron chi connectivity index (χ0n) is 10.0. The van der Waals surface area contributed by atoms with E-state index in [0.717, 1.165) is 18.7 Å². The van der Waals surface area contributed by atoms with Crippen LogP contribution in [0.15, 0.2) is 30.3 Å². The van der Waals surface area contributed by atoms with Crippen molar-refractivity contribution in [2.75, 3.05) is 5.32 Å². The van der Waals surface area contributed by atoms with Crippen molar-refractivity contribution in [2.45, 2.75) is 19.9 Å². The smallest absolute Gasteiger partial charge is 0.101 e. The van der Waals surface area contributed by atoms with Crippen LogP contribution in [0.1, 0.15) is 22.2 Å². The molecule has 2 nitrogen and oxygen atoms in total. The number of nitriles is 1. The minimum Gasteiger partial charge on any atom is -0.380 e. The van der Waals surface area contributed by atoms with Gasteiger partial charge in [0, 0.05) is 22.0 Å². The molecular weight excluding hydrogens is 264 g/mol. The molecule has 0 spiro atoms. The molecule has 0 amide bonds. The molecule has 0 fully saturated rings. The molecule has 0 bridgehead atoms. The summed E-state index contributed by atoms with van der Waals surface area (Å²) in [4.78, 5) is 2.69. The van der Waals surface area contributed by atoms with Gasteiger partial charge in [0.2, 0.25) is 0 Å². The third kappa shape index (κ3) is 3.04. The number of nitrogens with one attached hydrogen (secondary N) is 1. The largest absolute Gasteiger partial charge is 0.380 e. The molecule has 0 aliphatic rings. The maximum absolute atomic E-state index is 8.79. The maximum atomic E-state index is 8.79. The van der Waals surface area contributed by atoms with Crippen molar-refractivity contribution >= 4 is 28.6 Å².